The van der Waals surface area contributed by atoms with Gasteiger partial charge in [-0.2, -0.15) is 0 Å². The van der Waals surface area contributed by atoms with Gasteiger partial charge in [0.1, 0.15) is 0 Å². The predicted octanol–water partition coefficient (Wildman–Crippen LogP) is -0.110. The molecule has 0 saturated carbocycles. The molecular weight excluding hydrogens is 208 g/mol. The molecule has 0 rings (SSSR count). The van der Waals surface area contributed by atoms with Gasteiger partial charge in [-0.15, -0.1) is 0 Å². The number of hydrogen-bond donors (Lipinski definition) is 3. The summed E-state index contributed by atoms with van der Waals surface area (Å²) in [5.41, 5.74) is 0. The number of amides is 1. The zero-order valence-electron chi connectivity index (χ0n) is 10.3. The Bertz CT molecular complexity index is 177. The van der Waals surface area contributed by atoms with Gasteiger partial charge >= 0.3 is 0 Å². The number of aliphatic hydroxyl groups excluding tert-OH is 1. The maximum Gasteiger partial charge on any atom is 0.233 e. The molecule has 1 atom stereocenters. The third kappa shape index (κ3) is 9.89. The first-order chi connectivity index (χ1) is 7.70. The fraction of sp³-hybridized carbons (Fsp3) is 0.909. The molecule has 0 aliphatic heterocycles. The normalized spacial score (nSPS) is 12.4. The second-order valence-corrected chi connectivity index (χ2v) is 3.84. The highest BCUT2D eigenvalue weighted by molar-refractivity contribution is 5.77. The molecule has 0 aliphatic rings. The Morgan fingerprint density at radius 1 is 1.44 bits per heavy atom. The number of rotatable bonds is 10. The first-order valence-corrected chi connectivity index (χ1v) is 5.80. The van der Waals surface area contributed by atoms with Gasteiger partial charge in [-0.3, -0.25) is 4.79 Å². The minimum absolute atomic E-state index is 0.00644. The highest BCUT2D eigenvalue weighted by Gasteiger charge is 2.04. The lowest BCUT2D eigenvalue weighted by Crippen LogP contribution is -2.38. The lowest BCUT2D eigenvalue weighted by atomic mass is 10.2. The van der Waals surface area contributed by atoms with E-state index in [1.165, 1.54) is 0 Å². The molecule has 0 bridgehead atoms. The number of carbonyl (C=O) groups is 1. The van der Waals surface area contributed by atoms with Crippen LogP contribution in [0.1, 0.15) is 26.2 Å². The van der Waals surface area contributed by atoms with E-state index in [4.69, 9.17) is 9.84 Å². The number of methoxy groups -OCH3 is 1. The van der Waals surface area contributed by atoms with Crippen LogP contribution >= 0.6 is 0 Å². The second kappa shape index (κ2) is 10.9. The van der Waals surface area contributed by atoms with Crippen LogP contribution in [0.3, 0.4) is 0 Å². The molecule has 0 aromatic carbocycles. The topological polar surface area (TPSA) is 70.6 Å². The molecule has 0 aromatic rings. The fourth-order valence-electron chi connectivity index (χ4n) is 1.27. The monoisotopic (exact) mass is 232 g/mol. The molecule has 5 nitrogen and oxygen atoms in total. The average molecular weight is 232 g/mol. The fourth-order valence-corrected chi connectivity index (χ4v) is 1.27. The minimum atomic E-state index is 0.00644. The van der Waals surface area contributed by atoms with E-state index >= 15 is 0 Å². The number of carbonyl (C=O) groups excluding carboxylic acids is 1. The third-order valence-electron chi connectivity index (χ3n) is 2.25. The van der Waals surface area contributed by atoms with Crippen LogP contribution in [0, 0.1) is 0 Å². The van der Waals surface area contributed by atoms with Crippen molar-refractivity contribution in [2.45, 2.75) is 32.2 Å². The summed E-state index contributed by atoms with van der Waals surface area (Å²) in [4.78, 5) is 11.3. The van der Waals surface area contributed by atoms with Crippen molar-refractivity contribution in [2.75, 3.05) is 33.4 Å². The second-order valence-electron chi connectivity index (χ2n) is 3.84. The molecule has 0 aromatic heterocycles. The molecule has 0 heterocycles. The maximum absolute atomic E-state index is 11.3. The lowest BCUT2D eigenvalue weighted by Gasteiger charge is -2.12. The van der Waals surface area contributed by atoms with E-state index in [9.17, 15) is 4.79 Å². The van der Waals surface area contributed by atoms with Gasteiger partial charge in [0.2, 0.25) is 5.91 Å². The Morgan fingerprint density at radius 2 is 2.19 bits per heavy atom. The molecule has 3 N–H and O–H groups in total. The van der Waals surface area contributed by atoms with Crippen LogP contribution < -0.4 is 10.6 Å². The maximum atomic E-state index is 11.3. The highest BCUT2D eigenvalue weighted by atomic mass is 16.5. The van der Waals surface area contributed by atoms with Gasteiger partial charge in [0.15, 0.2) is 0 Å². The smallest absolute Gasteiger partial charge is 0.233 e. The molecule has 0 spiro atoms. The largest absolute Gasteiger partial charge is 0.396 e. The Morgan fingerprint density at radius 3 is 2.81 bits per heavy atom. The van der Waals surface area contributed by atoms with Crippen LogP contribution in [0.2, 0.25) is 0 Å². The standard InChI is InChI=1S/C11H24N2O3/c1-10(5-3-7-14)13-9-11(15)12-6-4-8-16-2/h10,13-14H,3-9H2,1-2H3,(H,12,15). The van der Waals surface area contributed by atoms with Crippen molar-refractivity contribution in [3.8, 4) is 0 Å². The number of nitrogens with one attached hydrogen (secondary N) is 2. The van der Waals surface area contributed by atoms with E-state index in [1.807, 2.05) is 6.92 Å². The zero-order chi connectivity index (χ0) is 12.2. The van der Waals surface area contributed by atoms with Crippen molar-refractivity contribution in [1.82, 2.24) is 10.6 Å². The van der Waals surface area contributed by atoms with Crippen LogP contribution in [-0.2, 0) is 9.53 Å². The van der Waals surface area contributed by atoms with E-state index in [0.29, 0.717) is 19.7 Å². The SMILES string of the molecule is COCCCNC(=O)CNC(C)CCCO. The summed E-state index contributed by atoms with van der Waals surface area (Å²) in [5, 5.41) is 14.5. The van der Waals surface area contributed by atoms with E-state index in [1.54, 1.807) is 7.11 Å². The number of aliphatic hydroxyl groups is 1. The van der Waals surface area contributed by atoms with Crippen molar-refractivity contribution in [2.24, 2.45) is 0 Å². The summed E-state index contributed by atoms with van der Waals surface area (Å²) >= 11 is 0. The van der Waals surface area contributed by atoms with E-state index in [-0.39, 0.29) is 18.6 Å². The van der Waals surface area contributed by atoms with Crippen molar-refractivity contribution in [1.29, 1.82) is 0 Å². The molecule has 0 saturated heterocycles. The number of hydrogen-bond acceptors (Lipinski definition) is 4. The van der Waals surface area contributed by atoms with Gasteiger partial charge in [-0.25, -0.2) is 0 Å². The van der Waals surface area contributed by atoms with Crippen molar-refractivity contribution in [3.05, 3.63) is 0 Å². The summed E-state index contributed by atoms with van der Waals surface area (Å²) in [5.74, 6) is 0.00644. The average Bonchev–Trinajstić information content (AvgIpc) is 2.29. The minimum Gasteiger partial charge on any atom is -0.396 e. The summed E-state index contributed by atoms with van der Waals surface area (Å²) in [6.07, 6.45) is 2.49. The van der Waals surface area contributed by atoms with Crippen LogP contribution in [0.5, 0.6) is 0 Å². The summed E-state index contributed by atoms with van der Waals surface area (Å²) in [6, 6.07) is 0.261. The molecule has 1 unspecified atom stereocenters. The van der Waals surface area contributed by atoms with Crippen LogP contribution in [-0.4, -0.2) is 50.5 Å². The van der Waals surface area contributed by atoms with Gasteiger partial charge in [0, 0.05) is 32.9 Å². The number of ether oxygens (including phenoxy) is 1. The van der Waals surface area contributed by atoms with Crippen LogP contribution in [0.4, 0.5) is 0 Å². The van der Waals surface area contributed by atoms with E-state index < -0.39 is 0 Å². The molecule has 1 amide bonds. The van der Waals surface area contributed by atoms with Gasteiger partial charge in [0.05, 0.1) is 6.54 Å². The molecule has 0 fully saturated rings. The van der Waals surface area contributed by atoms with Crippen LogP contribution in [0.15, 0.2) is 0 Å². The van der Waals surface area contributed by atoms with Gasteiger partial charge < -0.3 is 20.5 Å². The molecule has 0 radical (unpaired) electrons. The lowest BCUT2D eigenvalue weighted by molar-refractivity contribution is -0.120. The first kappa shape index (κ1) is 15.3. The van der Waals surface area contributed by atoms with Crippen molar-refractivity contribution in [3.63, 3.8) is 0 Å². The summed E-state index contributed by atoms with van der Waals surface area (Å²) in [6.45, 7) is 3.86. The van der Waals surface area contributed by atoms with Gasteiger partial charge in [0.25, 0.3) is 0 Å². The Balaban J connectivity index is 3.35. The highest BCUT2D eigenvalue weighted by Crippen LogP contribution is 1.94. The van der Waals surface area contributed by atoms with Crippen LogP contribution in [0.25, 0.3) is 0 Å². The van der Waals surface area contributed by atoms with Crippen molar-refractivity contribution >= 4 is 5.91 Å². The van der Waals surface area contributed by atoms with Gasteiger partial charge in [-0.1, -0.05) is 0 Å². The van der Waals surface area contributed by atoms with E-state index in [0.717, 1.165) is 19.3 Å². The van der Waals surface area contributed by atoms with Gasteiger partial charge in [-0.05, 0) is 26.2 Å². The summed E-state index contributed by atoms with van der Waals surface area (Å²) in [7, 11) is 1.65. The molecule has 0 aliphatic carbocycles. The Hall–Kier alpha value is -0.650. The third-order valence-corrected chi connectivity index (χ3v) is 2.25. The Kier molecular flexibility index (Phi) is 10.4. The zero-order valence-corrected chi connectivity index (χ0v) is 10.3. The first-order valence-electron chi connectivity index (χ1n) is 5.80. The summed E-state index contributed by atoms with van der Waals surface area (Å²) < 4.78 is 4.88. The Labute approximate surface area is 97.6 Å². The molecule has 96 valence electrons. The molecule has 16 heavy (non-hydrogen) atoms. The molecule has 5 heteroatoms. The predicted molar refractivity (Wildman–Crippen MR) is 63.3 cm³/mol. The van der Waals surface area contributed by atoms with E-state index in [2.05, 4.69) is 10.6 Å². The quantitative estimate of drug-likeness (QED) is 0.460. The molecular formula is C11H24N2O3. The van der Waals surface area contributed by atoms with Crippen molar-refractivity contribution < 1.29 is 14.6 Å².